The van der Waals surface area contributed by atoms with Crippen LogP contribution in [0, 0.1) is 5.92 Å². The van der Waals surface area contributed by atoms with Gasteiger partial charge in [0, 0.05) is 6.04 Å². The van der Waals surface area contributed by atoms with Crippen molar-refractivity contribution in [3.05, 3.63) is 47.0 Å². The van der Waals surface area contributed by atoms with Crippen LogP contribution in [0.25, 0.3) is 10.8 Å². The zero-order valence-corrected chi connectivity index (χ0v) is 13.4. The van der Waals surface area contributed by atoms with Gasteiger partial charge in [0.1, 0.15) is 0 Å². The maximum Gasteiger partial charge on any atom is 0.0329 e. The van der Waals surface area contributed by atoms with Crippen molar-refractivity contribution in [1.82, 2.24) is 0 Å². The van der Waals surface area contributed by atoms with Crippen LogP contribution in [0.5, 0.6) is 0 Å². The van der Waals surface area contributed by atoms with Crippen molar-refractivity contribution in [1.29, 1.82) is 0 Å². The van der Waals surface area contributed by atoms with E-state index in [1.54, 1.807) is 0 Å². The Morgan fingerprint density at radius 2 is 1.81 bits per heavy atom. The van der Waals surface area contributed by atoms with Crippen LogP contribution in [0.3, 0.4) is 0 Å². The number of hydrogen-bond acceptors (Lipinski definition) is 1. The summed E-state index contributed by atoms with van der Waals surface area (Å²) in [5.74, 6) is 0.600. The Labute approximate surface area is 128 Å². The van der Waals surface area contributed by atoms with Crippen LogP contribution in [0.2, 0.25) is 0 Å². The minimum Gasteiger partial charge on any atom is -0.324 e. The third-order valence-electron chi connectivity index (χ3n) is 5.23. The summed E-state index contributed by atoms with van der Waals surface area (Å²) < 4.78 is 0. The first-order chi connectivity index (χ1) is 10.3. The molecule has 2 aromatic carbocycles. The van der Waals surface area contributed by atoms with Gasteiger partial charge in [0.05, 0.1) is 0 Å². The Balaban J connectivity index is 2.01. The van der Waals surface area contributed by atoms with Crippen LogP contribution in [0.1, 0.15) is 62.3 Å². The highest BCUT2D eigenvalue weighted by Gasteiger charge is 2.22. The van der Waals surface area contributed by atoms with Crippen LogP contribution in [-0.4, -0.2) is 0 Å². The lowest BCUT2D eigenvalue weighted by molar-refractivity contribution is 0.380. The number of hydrogen-bond donors (Lipinski definition) is 1. The molecule has 1 aliphatic rings. The van der Waals surface area contributed by atoms with Crippen molar-refractivity contribution in [3.8, 4) is 0 Å². The van der Waals surface area contributed by atoms with Gasteiger partial charge in [0.2, 0.25) is 0 Å². The Kier molecular flexibility index (Phi) is 4.30. The molecule has 0 heterocycles. The summed E-state index contributed by atoms with van der Waals surface area (Å²) in [5, 5.41) is 2.90. The number of nitrogens with two attached hydrogens (primary N) is 1. The summed E-state index contributed by atoms with van der Waals surface area (Å²) in [6.45, 7) is 4.54. The molecular weight excluding hydrogens is 254 g/mol. The molecule has 0 saturated carbocycles. The van der Waals surface area contributed by atoms with E-state index in [0.29, 0.717) is 5.92 Å². The molecule has 2 N–H and O–H groups in total. The van der Waals surface area contributed by atoms with E-state index < -0.39 is 0 Å². The van der Waals surface area contributed by atoms with Crippen molar-refractivity contribution in [2.45, 2.75) is 58.4 Å². The maximum atomic E-state index is 6.68. The third-order valence-corrected chi connectivity index (χ3v) is 5.23. The van der Waals surface area contributed by atoms with Gasteiger partial charge >= 0.3 is 0 Å². The molecule has 2 aromatic rings. The van der Waals surface area contributed by atoms with Crippen LogP contribution < -0.4 is 5.73 Å². The van der Waals surface area contributed by atoms with Crippen molar-refractivity contribution in [2.75, 3.05) is 0 Å². The molecule has 0 amide bonds. The second-order valence-electron chi connectivity index (χ2n) is 6.49. The van der Waals surface area contributed by atoms with E-state index in [4.69, 9.17) is 5.73 Å². The molecule has 1 aliphatic carbocycles. The maximum absolute atomic E-state index is 6.68. The fraction of sp³-hybridized carbons (Fsp3) is 0.500. The normalized spacial score (nSPS) is 16.3. The number of aryl methyl sites for hydroxylation is 2. The fourth-order valence-corrected chi connectivity index (χ4v) is 3.92. The second-order valence-corrected chi connectivity index (χ2v) is 6.49. The highest BCUT2D eigenvalue weighted by molar-refractivity contribution is 5.93. The third kappa shape index (κ3) is 2.60. The lowest BCUT2D eigenvalue weighted by Crippen LogP contribution is -2.21. The molecule has 0 fully saturated rings. The first-order valence-electron chi connectivity index (χ1n) is 8.55. The average Bonchev–Trinajstić information content (AvgIpc) is 2.93. The molecule has 1 heteroatoms. The lowest BCUT2D eigenvalue weighted by Gasteiger charge is -2.24. The standard InChI is InChI=1S/C20H27N/c1-3-5-7-14(4-2)20(21)18-13-12-16-11-10-15-8-6-9-17(18)19(15)16/h6,8-9,12-14,20H,3-5,7,10-11,21H2,1-2H3. The van der Waals surface area contributed by atoms with E-state index in [0.717, 1.165) is 0 Å². The molecule has 0 bridgehead atoms. The molecular formula is C20H27N. The van der Waals surface area contributed by atoms with Crippen LogP contribution >= 0.6 is 0 Å². The van der Waals surface area contributed by atoms with Gasteiger partial charge in [-0.2, -0.15) is 0 Å². The minimum atomic E-state index is 0.173. The summed E-state index contributed by atoms with van der Waals surface area (Å²) in [5.41, 5.74) is 11.1. The molecule has 0 aliphatic heterocycles. The van der Waals surface area contributed by atoms with Crippen molar-refractivity contribution >= 4 is 10.8 Å². The molecule has 1 nitrogen and oxygen atoms in total. The molecule has 0 aromatic heterocycles. The smallest absolute Gasteiger partial charge is 0.0329 e. The minimum absolute atomic E-state index is 0.173. The fourth-order valence-electron chi connectivity index (χ4n) is 3.92. The van der Waals surface area contributed by atoms with E-state index in [1.165, 1.54) is 66.0 Å². The Bertz CT molecular complexity index is 619. The Morgan fingerprint density at radius 3 is 2.52 bits per heavy atom. The summed E-state index contributed by atoms with van der Waals surface area (Å²) in [7, 11) is 0. The average molecular weight is 281 g/mol. The van der Waals surface area contributed by atoms with Crippen LogP contribution in [0.15, 0.2) is 30.3 Å². The summed E-state index contributed by atoms with van der Waals surface area (Å²) in [4.78, 5) is 0. The first kappa shape index (κ1) is 14.6. The van der Waals surface area contributed by atoms with Crippen molar-refractivity contribution in [3.63, 3.8) is 0 Å². The molecule has 112 valence electrons. The lowest BCUT2D eigenvalue weighted by atomic mass is 9.85. The Morgan fingerprint density at radius 1 is 1.05 bits per heavy atom. The summed E-state index contributed by atoms with van der Waals surface area (Å²) in [6.07, 6.45) is 7.35. The van der Waals surface area contributed by atoms with Crippen LogP contribution in [-0.2, 0) is 12.8 Å². The SMILES string of the molecule is CCCCC(CC)C(N)c1ccc2c3c(cccc13)CC2. The van der Waals surface area contributed by atoms with Gasteiger partial charge < -0.3 is 5.73 Å². The zero-order valence-electron chi connectivity index (χ0n) is 13.4. The monoisotopic (exact) mass is 281 g/mol. The summed E-state index contributed by atoms with van der Waals surface area (Å²) >= 11 is 0. The number of benzene rings is 2. The van der Waals surface area contributed by atoms with Crippen LogP contribution in [0.4, 0.5) is 0 Å². The first-order valence-corrected chi connectivity index (χ1v) is 8.55. The van der Waals surface area contributed by atoms with E-state index in [-0.39, 0.29) is 6.04 Å². The van der Waals surface area contributed by atoms with Gasteiger partial charge in [0.15, 0.2) is 0 Å². The van der Waals surface area contributed by atoms with E-state index in [2.05, 4.69) is 44.2 Å². The molecule has 0 saturated heterocycles. The predicted molar refractivity (Wildman–Crippen MR) is 91.6 cm³/mol. The molecule has 21 heavy (non-hydrogen) atoms. The predicted octanol–water partition coefficient (Wildman–Crippen LogP) is 5.15. The van der Waals surface area contributed by atoms with Gasteiger partial charge in [-0.3, -0.25) is 0 Å². The van der Waals surface area contributed by atoms with Gasteiger partial charge in [0.25, 0.3) is 0 Å². The highest BCUT2D eigenvalue weighted by Crippen LogP contribution is 2.37. The van der Waals surface area contributed by atoms with Gasteiger partial charge in [-0.05, 0) is 52.6 Å². The molecule has 3 rings (SSSR count). The van der Waals surface area contributed by atoms with Crippen molar-refractivity contribution < 1.29 is 0 Å². The van der Waals surface area contributed by atoms with E-state index in [9.17, 15) is 0 Å². The molecule has 2 atom stereocenters. The number of unbranched alkanes of at least 4 members (excludes halogenated alkanes) is 1. The second kappa shape index (κ2) is 6.19. The topological polar surface area (TPSA) is 26.0 Å². The van der Waals surface area contributed by atoms with Crippen molar-refractivity contribution in [2.24, 2.45) is 11.7 Å². The van der Waals surface area contributed by atoms with E-state index in [1.807, 2.05) is 0 Å². The number of rotatable bonds is 6. The van der Waals surface area contributed by atoms with Gasteiger partial charge in [-0.1, -0.05) is 63.4 Å². The zero-order chi connectivity index (χ0) is 14.8. The Hall–Kier alpha value is -1.34. The van der Waals surface area contributed by atoms with Gasteiger partial charge in [-0.25, -0.2) is 0 Å². The molecule has 0 radical (unpaired) electrons. The summed E-state index contributed by atoms with van der Waals surface area (Å²) in [6, 6.07) is 11.5. The largest absolute Gasteiger partial charge is 0.324 e. The molecule has 2 unspecified atom stereocenters. The quantitative estimate of drug-likeness (QED) is 0.778. The molecule has 0 spiro atoms. The highest BCUT2D eigenvalue weighted by atomic mass is 14.7. The van der Waals surface area contributed by atoms with E-state index >= 15 is 0 Å². The van der Waals surface area contributed by atoms with Gasteiger partial charge in [-0.15, -0.1) is 0 Å².